The second-order valence-electron chi connectivity index (χ2n) is 8.52. The molecular weight excluding hydrogens is 446 g/mol. The topological polar surface area (TPSA) is 122 Å². The number of halogens is 2. The van der Waals surface area contributed by atoms with Gasteiger partial charge in [0.05, 0.1) is 17.0 Å². The predicted molar refractivity (Wildman–Crippen MR) is 115 cm³/mol. The summed E-state index contributed by atoms with van der Waals surface area (Å²) in [6.45, 7) is 1.03. The molecule has 2 aromatic heterocycles. The van der Waals surface area contributed by atoms with E-state index in [1.165, 1.54) is 12.1 Å². The fourth-order valence-corrected chi connectivity index (χ4v) is 4.15. The van der Waals surface area contributed by atoms with Gasteiger partial charge in [-0.25, -0.2) is 18.7 Å². The fraction of sp³-hybridized carbons (Fsp3) is 0.348. The summed E-state index contributed by atoms with van der Waals surface area (Å²) in [5.41, 5.74) is -0.636. The summed E-state index contributed by atoms with van der Waals surface area (Å²) in [5.74, 6) is -2.22. The van der Waals surface area contributed by atoms with Crippen molar-refractivity contribution in [2.45, 2.75) is 30.8 Å². The number of piperidine rings is 1. The molecule has 3 aromatic rings. The molecule has 0 unspecified atom stereocenters. The van der Waals surface area contributed by atoms with E-state index in [0.717, 1.165) is 25.0 Å². The molecule has 34 heavy (non-hydrogen) atoms. The van der Waals surface area contributed by atoms with Crippen LogP contribution in [0.3, 0.4) is 0 Å². The molecule has 0 bridgehead atoms. The highest BCUT2D eigenvalue weighted by Gasteiger charge is 2.50. The van der Waals surface area contributed by atoms with Crippen LogP contribution in [0.1, 0.15) is 35.6 Å². The number of carbonyl (C=O) groups is 2. The van der Waals surface area contributed by atoms with Crippen molar-refractivity contribution >= 4 is 11.8 Å². The number of amides is 2. The predicted octanol–water partition coefficient (Wildman–Crippen LogP) is 1.92. The Morgan fingerprint density at radius 2 is 1.94 bits per heavy atom. The summed E-state index contributed by atoms with van der Waals surface area (Å²) < 4.78 is 32.3. The molecule has 9 nitrogen and oxygen atoms in total. The normalized spacial score (nSPS) is 21.0. The molecule has 2 atom stereocenters. The Labute approximate surface area is 193 Å². The zero-order valence-corrected chi connectivity index (χ0v) is 18.1. The van der Waals surface area contributed by atoms with Crippen LogP contribution < -0.4 is 16.0 Å². The third kappa shape index (κ3) is 4.38. The lowest BCUT2D eigenvalue weighted by Gasteiger charge is -2.32. The van der Waals surface area contributed by atoms with Crippen molar-refractivity contribution < 1.29 is 22.9 Å². The van der Waals surface area contributed by atoms with E-state index in [0.29, 0.717) is 25.3 Å². The fourth-order valence-electron chi connectivity index (χ4n) is 4.15. The SMILES string of the molecule is O=C(N[C@@H]1CCNC[C@H]1C(=O)NC1(c2ncccn2)CC1)c1cc(-c2ccc(F)cc2F)on1. The first-order valence-electron chi connectivity index (χ1n) is 11.0. The van der Waals surface area contributed by atoms with Gasteiger partial charge in [-0.15, -0.1) is 0 Å². The number of nitrogens with one attached hydrogen (secondary N) is 3. The number of benzene rings is 1. The quantitative estimate of drug-likeness (QED) is 0.505. The van der Waals surface area contributed by atoms with Crippen LogP contribution in [-0.4, -0.2) is 46.1 Å². The minimum atomic E-state index is -0.824. The Bertz CT molecular complexity index is 1210. The van der Waals surface area contributed by atoms with Gasteiger partial charge in [-0.3, -0.25) is 9.59 Å². The van der Waals surface area contributed by atoms with Crippen LogP contribution in [0.2, 0.25) is 0 Å². The van der Waals surface area contributed by atoms with Gasteiger partial charge < -0.3 is 20.5 Å². The second kappa shape index (κ2) is 8.90. The van der Waals surface area contributed by atoms with Gasteiger partial charge in [0.25, 0.3) is 5.91 Å². The highest BCUT2D eigenvalue weighted by atomic mass is 19.1. The number of nitrogens with zero attached hydrogens (tertiary/aromatic N) is 3. The average Bonchev–Trinajstić information content (AvgIpc) is 3.45. The summed E-state index contributed by atoms with van der Waals surface area (Å²) in [7, 11) is 0. The number of carbonyl (C=O) groups excluding carboxylic acids is 2. The van der Waals surface area contributed by atoms with Gasteiger partial charge in [-0.2, -0.15) is 0 Å². The number of hydrogen-bond donors (Lipinski definition) is 3. The van der Waals surface area contributed by atoms with Crippen LogP contribution in [0.15, 0.2) is 47.2 Å². The first-order valence-corrected chi connectivity index (χ1v) is 11.0. The molecule has 3 N–H and O–H groups in total. The number of hydrogen-bond acceptors (Lipinski definition) is 7. The molecule has 0 spiro atoms. The summed E-state index contributed by atoms with van der Waals surface area (Å²) in [5, 5.41) is 12.8. The molecule has 0 radical (unpaired) electrons. The van der Waals surface area contributed by atoms with Gasteiger partial charge in [-0.1, -0.05) is 5.16 Å². The molecule has 3 heterocycles. The van der Waals surface area contributed by atoms with Crippen molar-refractivity contribution in [2.75, 3.05) is 13.1 Å². The molecule has 11 heteroatoms. The summed E-state index contributed by atoms with van der Waals surface area (Å²) in [4.78, 5) is 34.5. The maximum atomic E-state index is 14.0. The Morgan fingerprint density at radius 1 is 1.15 bits per heavy atom. The minimum absolute atomic E-state index is 0.000732. The molecule has 5 rings (SSSR count). The van der Waals surface area contributed by atoms with E-state index in [2.05, 4.69) is 31.1 Å². The number of rotatable bonds is 6. The summed E-state index contributed by atoms with van der Waals surface area (Å²) in [6.07, 6.45) is 5.33. The van der Waals surface area contributed by atoms with Crippen LogP contribution in [0.5, 0.6) is 0 Å². The van der Waals surface area contributed by atoms with E-state index >= 15 is 0 Å². The highest BCUT2D eigenvalue weighted by molar-refractivity contribution is 5.94. The van der Waals surface area contributed by atoms with E-state index in [4.69, 9.17) is 4.52 Å². The third-order valence-corrected chi connectivity index (χ3v) is 6.18. The standard InChI is InChI=1S/C23H22F2N6O3/c24-13-2-3-14(16(25)10-13)19-11-18(31-34-19)21(33)29-17-4-9-26-12-15(17)20(32)30-23(5-6-23)22-27-7-1-8-28-22/h1-3,7-8,10-11,15,17,26H,4-6,9,12H2,(H,29,33)(H,30,32)/t15-,17-/m1/s1. The highest BCUT2D eigenvalue weighted by Crippen LogP contribution is 2.43. The van der Waals surface area contributed by atoms with Crippen molar-refractivity contribution in [2.24, 2.45) is 5.92 Å². The lowest BCUT2D eigenvalue weighted by atomic mass is 9.91. The van der Waals surface area contributed by atoms with Crippen LogP contribution in [-0.2, 0) is 10.3 Å². The van der Waals surface area contributed by atoms with Crippen LogP contribution in [0.25, 0.3) is 11.3 Å². The molecule has 2 aliphatic rings. The maximum absolute atomic E-state index is 14.0. The Kier molecular flexibility index (Phi) is 5.78. The first kappa shape index (κ1) is 22.1. The van der Waals surface area contributed by atoms with E-state index in [9.17, 15) is 18.4 Å². The first-order chi connectivity index (χ1) is 16.4. The van der Waals surface area contributed by atoms with Crippen molar-refractivity contribution in [1.29, 1.82) is 0 Å². The molecule has 1 aliphatic heterocycles. The zero-order chi connectivity index (χ0) is 23.7. The number of aromatic nitrogens is 3. The van der Waals surface area contributed by atoms with Gasteiger partial charge in [0.2, 0.25) is 5.91 Å². The lowest BCUT2D eigenvalue weighted by molar-refractivity contribution is -0.127. The third-order valence-electron chi connectivity index (χ3n) is 6.18. The smallest absolute Gasteiger partial charge is 0.273 e. The second-order valence-corrected chi connectivity index (χ2v) is 8.52. The maximum Gasteiger partial charge on any atom is 0.273 e. The van der Waals surface area contributed by atoms with E-state index in [1.807, 2.05) is 0 Å². The van der Waals surface area contributed by atoms with Crippen molar-refractivity contribution in [3.63, 3.8) is 0 Å². The molecule has 1 aromatic carbocycles. The monoisotopic (exact) mass is 468 g/mol. The van der Waals surface area contributed by atoms with Gasteiger partial charge >= 0.3 is 0 Å². The Morgan fingerprint density at radius 3 is 2.68 bits per heavy atom. The average molecular weight is 468 g/mol. The van der Waals surface area contributed by atoms with Gasteiger partial charge in [0, 0.05) is 37.1 Å². The summed E-state index contributed by atoms with van der Waals surface area (Å²) in [6, 6.07) is 5.59. The molecule has 1 saturated heterocycles. The molecule has 1 saturated carbocycles. The Balaban J connectivity index is 1.27. The van der Waals surface area contributed by atoms with Crippen LogP contribution >= 0.6 is 0 Å². The van der Waals surface area contributed by atoms with Crippen LogP contribution in [0.4, 0.5) is 8.78 Å². The summed E-state index contributed by atoms with van der Waals surface area (Å²) >= 11 is 0. The Hall–Kier alpha value is -3.73. The van der Waals surface area contributed by atoms with Gasteiger partial charge in [0.1, 0.15) is 11.6 Å². The molecule has 2 amide bonds. The van der Waals surface area contributed by atoms with E-state index in [-0.39, 0.29) is 22.9 Å². The molecule has 1 aliphatic carbocycles. The van der Waals surface area contributed by atoms with Gasteiger partial charge in [0.15, 0.2) is 17.3 Å². The lowest BCUT2D eigenvalue weighted by Crippen LogP contribution is -2.56. The van der Waals surface area contributed by atoms with Crippen molar-refractivity contribution in [3.05, 3.63) is 65.9 Å². The van der Waals surface area contributed by atoms with E-state index in [1.54, 1.807) is 18.5 Å². The minimum Gasteiger partial charge on any atom is -0.355 e. The van der Waals surface area contributed by atoms with Crippen molar-refractivity contribution in [1.82, 2.24) is 31.1 Å². The molecular formula is C23H22F2N6O3. The van der Waals surface area contributed by atoms with E-state index < -0.39 is 35.0 Å². The van der Waals surface area contributed by atoms with Crippen LogP contribution in [0, 0.1) is 17.6 Å². The molecule has 176 valence electrons. The van der Waals surface area contributed by atoms with Gasteiger partial charge in [-0.05, 0) is 44.0 Å². The molecule has 2 fully saturated rings. The van der Waals surface area contributed by atoms with Crippen molar-refractivity contribution in [3.8, 4) is 11.3 Å². The largest absolute Gasteiger partial charge is 0.355 e. The zero-order valence-electron chi connectivity index (χ0n) is 18.1.